The first kappa shape index (κ1) is 14.5. The van der Waals surface area contributed by atoms with Gasteiger partial charge in [-0.1, -0.05) is 12.8 Å². The van der Waals surface area contributed by atoms with E-state index in [-0.39, 0.29) is 12.0 Å². The van der Waals surface area contributed by atoms with Gasteiger partial charge in [-0.2, -0.15) is 0 Å². The van der Waals surface area contributed by atoms with Crippen LogP contribution in [0.4, 0.5) is 0 Å². The molecule has 4 N–H and O–H groups in total. The average molecular weight is 242 g/mol. The quantitative estimate of drug-likeness (QED) is 0.587. The number of carbonyl (C=O) groups excluding carboxylic acids is 1. The van der Waals surface area contributed by atoms with Crippen LogP contribution in [0.2, 0.25) is 0 Å². The summed E-state index contributed by atoms with van der Waals surface area (Å²) in [4.78, 5) is 11.5. The predicted molar refractivity (Wildman–Crippen MR) is 68.5 cm³/mol. The molecule has 4 heteroatoms. The fraction of sp³-hybridized carbons (Fsp3) is 0.923. The number of unbranched alkanes of at least 4 members (excludes halogenated alkanes) is 2. The van der Waals surface area contributed by atoms with Crippen LogP contribution in [0.5, 0.6) is 0 Å². The topological polar surface area (TPSA) is 75.4 Å². The van der Waals surface area contributed by atoms with E-state index in [1.807, 2.05) is 0 Å². The number of hydrogen-bond donors (Lipinski definition) is 3. The van der Waals surface area contributed by atoms with E-state index in [1.54, 1.807) is 0 Å². The molecule has 4 nitrogen and oxygen atoms in total. The van der Waals surface area contributed by atoms with Gasteiger partial charge in [0.1, 0.15) is 0 Å². The number of carbonyl (C=O) groups is 1. The van der Waals surface area contributed by atoms with Gasteiger partial charge < -0.3 is 16.2 Å². The summed E-state index contributed by atoms with van der Waals surface area (Å²) in [6.45, 7) is 1.44. The zero-order chi connectivity index (χ0) is 12.5. The van der Waals surface area contributed by atoms with Crippen LogP contribution >= 0.6 is 0 Å². The highest BCUT2D eigenvalue weighted by Gasteiger charge is 2.20. The zero-order valence-corrected chi connectivity index (χ0v) is 10.7. The number of hydrogen-bond acceptors (Lipinski definition) is 3. The van der Waals surface area contributed by atoms with Crippen LogP contribution in [-0.2, 0) is 4.79 Å². The minimum absolute atomic E-state index is 0.141. The fourth-order valence-corrected chi connectivity index (χ4v) is 2.40. The molecule has 1 amide bonds. The number of aliphatic hydroxyl groups excluding tert-OH is 1. The lowest BCUT2D eigenvalue weighted by molar-refractivity contribution is -0.121. The molecular formula is C13H26N2O2. The third-order valence-corrected chi connectivity index (χ3v) is 3.45. The molecular weight excluding hydrogens is 216 g/mol. The van der Waals surface area contributed by atoms with E-state index in [0.717, 1.165) is 51.5 Å². The fourth-order valence-electron chi connectivity index (χ4n) is 2.40. The molecule has 0 heterocycles. The molecule has 2 unspecified atom stereocenters. The minimum atomic E-state index is -0.157. The molecule has 0 bridgehead atoms. The smallest absolute Gasteiger partial charge is 0.220 e. The second-order valence-corrected chi connectivity index (χ2v) is 5.09. The lowest BCUT2D eigenvalue weighted by atomic mass is 9.87. The number of amides is 1. The van der Waals surface area contributed by atoms with Gasteiger partial charge >= 0.3 is 0 Å². The Morgan fingerprint density at radius 3 is 2.82 bits per heavy atom. The first-order valence-electron chi connectivity index (χ1n) is 6.87. The molecule has 100 valence electrons. The number of nitrogens with one attached hydrogen (secondary N) is 1. The van der Waals surface area contributed by atoms with Crippen molar-refractivity contribution in [3.63, 3.8) is 0 Å². The van der Waals surface area contributed by atoms with Crippen molar-refractivity contribution < 1.29 is 9.90 Å². The Hall–Kier alpha value is -0.610. The highest BCUT2D eigenvalue weighted by Crippen LogP contribution is 2.23. The lowest BCUT2D eigenvalue weighted by Crippen LogP contribution is -2.32. The Kier molecular flexibility index (Phi) is 7.21. The van der Waals surface area contributed by atoms with Crippen molar-refractivity contribution in [2.45, 2.75) is 57.5 Å². The van der Waals surface area contributed by atoms with Gasteiger partial charge in [0.05, 0.1) is 6.10 Å². The second kappa shape index (κ2) is 8.48. The monoisotopic (exact) mass is 242 g/mol. The molecule has 1 fully saturated rings. The SMILES string of the molecule is NCCCCCC(=O)NCC1CCCC(O)C1. The molecule has 2 atom stereocenters. The summed E-state index contributed by atoms with van der Waals surface area (Å²) in [6, 6.07) is 0. The van der Waals surface area contributed by atoms with Crippen molar-refractivity contribution >= 4 is 5.91 Å². The number of aliphatic hydroxyl groups is 1. The summed E-state index contributed by atoms with van der Waals surface area (Å²) < 4.78 is 0. The summed E-state index contributed by atoms with van der Waals surface area (Å²) in [6.07, 6.45) is 7.38. The van der Waals surface area contributed by atoms with E-state index in [2.05, 4.69) is 5.32 Å². The maximum atomic E-state index is 11.5. The highest BCUT2D eigenvalue weighted by atomic mass is 16.3. The molecule has 1 rings (SSSR count). The van der Waals surface area contributed by atoms with Gasteiger partial charge in [0.2, 0.25) is 5.91 Å². The number of rotatable bonds is 7. The Bertz CT molecular complexity index is 221. The van der Waals surface area contributed by atoms with Crippen molar-refractivity contribution in [3.8, 4) is 0 Å². The molecule has 1 aliphatic rings. The predicted octanol–water partition coefficient (Wildman–Crippen LogP) is 1.17. The van der Waals surface area contributed by atoms with Gasteiger partial charge in [-0.05, 0) is 44.6 Å². The average Bonchev–Trinajstić information content (AvgIpc) is 2.32. The third kappa shape index (κ3) is 6.64. The molecule has 17 heavy (non-hydrogen) atoms. The van der Waals surface area contributed by atoms with E-state index < -0.39 is 0 Å². The van der Waals surface area contributed by atoms with E-state index in [0.29, 0.717) is 18.9 Å². The van der Waals surface area contributed by atoms with Gasteiger partial charge in [-0.3, -0.25) is 4.79 Å². The van der Waals surface area contributed by atoms with Crippen molar-refractivity contribution in [3.05, 3.63) is 0 Å². The molecule has 0 saturated heterocycles. The van der Waals surface area contributed by atoms with Crippen LogP contribution in [0.15, 0.2) is 0 Å². The maximum Gasteiger partial charge on any atom is 0.220 e. The second-order valence-electron chi connectivity index (χ2n) is 5.09. The van der Waals surface area contributed by atoms with E-state index in [9.17, 15) is 9.90 Å². The molecule has 0 aromatic carbocycles. The van der Waals surface area contributed by atoms with Crippen molar-refractivity contribution in [1.29, 1.82) is 0 Å². The molecule has 1 saturated carbocycles. The summed E-state index contributed by atoms with van der Waals surface area (Å²) in [5.74, 6) is 0.605. The molecule has 0 radical (unpaired) electrons. The summed E-state index contributed by atoms with van der Waals surface area (Å²) in [5.41, 5.74) is 5.39. The first-order valence-corrected chi connectivity index (χ1v) is 6.87. The number of nitrogens with two attached hydrogens (primary N) is 1. The molecule has 0 aliphatic heterocycles. The lowest BCUT2D eigenvalue weighted by Gasteiger charge is -2.25. The largest absolute Gasteiger partial charge is 0.393 e. The Balaban J connectivity index is 2.02. The summed E-state index contributed by atoms with van der Waals surface area (Å²) in [7, 11) is 0. The van der Waals surface area contributed by atoms with E-state index in [4.69, 9.17) is 5.73 Å². The Morgan fingerprint density at radius 1 is 1.29 bits per heavy atom. The van der Waals surface area contributed by atoms with Crippen LogP contribution in [-0.4, -0.2) is 30.2 Å². The zero-order valence-electron chi connectivity index (χ0n) is 10.7. The van der Waals surface area contributed by atoms with Crippen LogP contribution in [0.25, 0.3) is 0 Å². The molecule has 0 spiro atoms. The van der Waals surface area contributed by atoms with Gasteiger partial charge in [-0.15, -0.1) is 0 Å². The van der Waals surface area contributed by atoms with E-state index in [1.165, 1.54) is 0 Å². The normalized spacial score (nSPS) is 24.6. The Morgan fingerprint density at radius 2 is 2.12 bits per heavy atom. The van der Waals surface area contributed by atoms with Crippen LogP contribution in [0, 0.1) is 5.92 Å². The standard InChI is InChI=1S/C13H26N2O2/c14-8-3-1-2-7-13(17)15-10-11-5-4-6-12(16)9-11/h11-12,16H,1-10,14H2,(H,15,17). The van der Waals surface area contributed by atoms with Gasteiger partial charge in [0, 0.05) is 13.0 Å². The van der Waals surface area contributed by atoms with Crippen LogP contribution in [0.1, 0.15) is 51.4 Å². The summed E-state index contributed by atoms with van der Waals surface area (Å²) >= 11 is 0. The Labute approximate surface area is 104 Å². The van der Waals surface area contributed by atoms with Crippen LogP contribution < -0.4 is 11.1 Å². The molecule has 0 aromatic rings. The summed E-state index contributed by atoms with van der Waals surface area (Å²) in [5, 5.41) is 12.5. The van der Waals surface area contributed by atoms with Gasteiger partial charge in [0.25, 0.3) is 0 Å². The van der Waals surface area contributed by atoms with Crippen molar-refractivity contribution in [2.75, 3.05) is 13.1 Å². The first-order chi connectivity index (χ1) is 8.22. The van der Waals surface area contributed by atoms with Crippen molar-refractivity contribution in [1.82, 2.24) is 5.32 Å². The maximum absolute atomic E-state index is 11.5. The van der Waals surface area contributed by atoms with Crippen molar-refractivity contribution in [2.24, 2.45) is 11.7 Å². The minimum Gasteiger partial charge on any atom is -0.393 e. The van der Waals surface area contributed by atoms with Gasteiger partial charge in [0.15, 0.2) is 0 Å². The highest BCUT2D eigenvalue weighted by molar-refractivity contribution is 5.75. The van der Waals surface area contributed by atoms with Crippen LogP contribution in [0.3, 0.4) is 0 Å². The van der Waals surface area contributed by atoms with E-state index >= 15 is 0 Å². The molecule has 0 aromatic heterocycles. The third-order valence-electron chi connectivity index (χ3n) is 3.45. The van der Waals surface area contributed by atoms with Gasteiger partial charge in [-0.25, -0.2) is 0 Å². The molecule has 1 aliphatic carbocycles.